The summed E-state index contributed by atoms with van der Waals surface area (Å²) in [6.07, 6.45) is 1.20. The van der Waals surface area contributed by atoms with Crippen molar-refractivity contribution in [1.29, 1.82) is 0 Å². The lowest BCUT2D eigenvalue weighted by Gasteiger charge is -2.18. The van der Waals surface area contributed by atoms with E-state index in [1.54, 1.807) is 0 Å². The van der Waals surface area contributed by atoms with Crippen LogP contribution in [0.3, 0.4) is 0 Å². The smallest absolute Gasteiger partial charge is 0.123 e. The van der Waals surface area contributed by atoms with Gasteiger partial charge in [-0.2, -0.15) is 11.8 Å². The van der Waals surface area contributed by atoms with Crippen molar-refractivity contribution in [2.75, 3.05) is 19.4 Å². The highest BCUT2D eigenvalue weighted by Gasteiger charge is 2.19. The third-order valence-electron chi connectivity index (χ3n) is 2.99. The molecule has 16 heavy (non-hydrogen) atoms. The van der Waals surface area contributed by atoms with Crippen molar-refractivity contribution >= 4 is 11.8 Å². The lowest BCUT2D eigenvalue weighted by atomic mass is 9.99. The van der Waals surface area contributed by atoms with Crippen molar-refractivity contribution in [2.45, 2.75) is 25.1 Å². The predicted molar refractivity (Wildman–Crippen MR) is 70.2 cm³/mol. The van der Waals surface area contributed by atoms with Gasteiger partial charge in [-0.1, -0.05) is 12.1 Å². The SMILES string of the molecule is CCOc1cccc2c1CSCCC2NC. The zero-order chi connectivity index (χ0) is 11.4. The van der Waals surface area contributed by atoms with Gasteiger partial charge in [-0.25, -0.2) is 0 Å². The van der Waals surface area contributed by atoms with Crippen molar-refractivity contribution < 1.29 is 4.74 Å². The van der Waals surface area contributed by atoms with Crippen LogP contribution >= 0.6 is 11.8 Å². The van der Waals surface area contributed by atoms with E-state index in [1.165, 1.54) is 23.3 Å². The molecule has 0 radical (unpaired) electrons. The molecule has 88 valence electrons. The summed E-state index contributed by atoms with van der Waals surface area (Å²) < 4.78 is 5.71. The van der Waals surface area contributed by atoms with E-state index in [9.17, 15) is 0 Å². The average Bonchev–Trinajstić information content (AvgIpc) is 2.52. The molecule has 0 fully saturated rings. The maximum Gasteiger partial charge on any atom is 0.123 e. The summed E-state index contributed by atoms with van der Waals surface area (Å²) in [7, 11) is 2.04. The Morgan fingerprint density at radius 3 is 3.12 bits per heavy atom. The number of thioether (sulfide) groups is 1. The van der Waals surface area contributed by atoms with E-state index < -0.39 is 0 Å². The second-order valence-corrected chi connectivity index (χ2v) is 5.04. The van der Waals surface area contributed by atoms with Crippen LogP contribution in [0.2, 0.25) is 0 Å². The van der Waals surface area contributed by atoms with Gasteiger partial charge in [0.1, 0.15) is 5.75 Å². The van der Waals surface area contributed by atoms with E-state index in [1.807, 2.05) is 25.7 Å². The Bertz CT molecular complexity index is 354. The number of ether oxygens (including phenoxy) is 1. The maximum absolute atomic E-state index is 5.71. The second-order valence-electron chi connectivity index (χ2n) is 3.94. The Morgan fingerprint density at radius 1 is 1.50 bits per heavy atom. The summed E-state index contributed by atoms with van der Waals surface area (Å²) in [5.74, 6) is 3.35. The molecule has 1 aliphatic rings. The topological polar surface area (TPSA) is 21.3 Å². The molecule has 0 saturated heterocycles. The van der Waals surface area contributed by atoms with Crippen molar-refractivity contribution in [2.24, 2.45) is 0 Å². The highest BCUT2D eigenvalue weighted by atomic mass is 32.2. The maximum atomic E-state index is 5.71. The first-order chi connectivity index (χ1) is 7.86. The molecule has 1 atom stereocenters. The van der Waals surface area contributed by atoms with Gasteiger partial charge >= 0.3 is 0 Å². The van der Waals surface area contributed by atoms with E-state index in [-0.39, 0.29) is 0 Å². The molecule has 1 unspecified atom stereocenters. The number of rotatable bonds is 3. The van der Waals surface area contributed by atoms with Gasteiger partial charge in [-0.15, -0.1) is 0 Å². The second kappa shape index (κ2) is 5.60. The monoisotopic (exact) mass is 237 g/mol. The number of fused-ring (bicyclic) bond motifs is 1. The van der Waals surface area contributed by atoms with Gasteiger partial charge in [-0.3, -0.25) is 0 Å². The summed E-state index contributed by atoms with van der Waals surface area (Å²) in [6.45, 7) is 2.78. The molecular formula is C13H19NOS. The van der Waals surface area contributed by atoms with E-state index in [2.05, 4.69) is 23.5 Å². The first kappa shape index (κ1) is 11.8. The van der Waals surface area contributed by atoms with Crippen LogP contribution < -0.4 is 10.1 Å². The normalized spacial score (nSPS) is 20.0. The van der Waals surface area contributed by atoms with Gasteiger partial charge in [0.25, 0.3) is 0 Å². The van der Waals surface area contributed by atoms with Crippen LogP contribution in [0.1, 0.15) is 30.5 Å². The van der Waals surface area contributed by atoms with Gasteiger partial charge in [0.2, 0.25) is 0 Å². The molecule has 1 heterocycles. The van der Waals surface area contributed by atoms with Crippen LogP contribution in [-0.4, -0.2) is 19.4 Å². The summed E-state index contributed by atoms with van der Waals surface area (Å²) >= 11 is 2.00. The molecule has 0 amide bonds. The summed E-state index contributed by atoms with van der Waals surface area (Å²) in [5.41, 5.74) is 2.80. The largest absolute Gasteiger partial charge is 0.494 e. The van der Waals surface area contributed by atoms with Crippen LogP contribution in [0.15, 0.2) is 18.2 Å². The molecule has 1 N–H and O–H groups in total. The Labute approximate surface area is 102 Å². The van der Waals surface area contributed by atoms with E-state index in [4.69, 9.17) is 4.74 Å². The third-order valence-corrected chi connectivity index (χ3v) is 4.01. The van der Waals surface area contributed by atoms with Crippen molar-refractivity contribution in [3.63, 3.8) is 0 Å². The number of hydrogen-bond acceptors (Lipinski definition) is 3. The number of benzene rings is 1. The third kappa shape index (κ3) is 2.36. The van der Waals surface area contributed by atoms with Crippen molar-refractivity contribution in [3.8, 4) is 5.75 Å². The fourth-order valence-electron chi connectivity index (χ4n) is 2.19. The average molecular weight is 237 g/mol. The Hall–Kier alpha value is -0.670. The molecule has 0 aromatic heterocycles. The van der Waals surface area contributed by atoms with Gasteiger partial charge in [0.05, 0.1) is 6.61 Å². The van der Waals surface area contributed by atoms with Crippen LogP contribution in [0.25, 0.3) is 0 Å². The van der Waals surface area contributed by atoms with Crippen molar-refractivity contribution in [3.05, 3.63) is 29.3 Å². The standard InChI is InChI=1S/C13H19NOS/c1-3-15-13-6-4-5-10-11(13)9-16-8-7-12(10)14-2/h4-6,12,14H,3,7-9H2,1-2H3. The highest BCUT2D eigenvalue weighted by molar-refractivity contribution is 7.98. The first-order valence-corrected chi connectivity index (χ1v) is 7.02. The van der Waals surface area contributed by atoms with Crippen LogP contribution in [0, 0.1) is 0 Å². The molecule has 0 aliphatic carbocycles. The summed E-state index contributed by atoms with van der Waals surface area (Å²) in [5, 5.41) is 3.40. The zero-order valence-electron chi connectivity index (χ0n) is 9.95. The molecular weight excluding hydrogens is 218 g/mol. The number of nitrogens with one attached hydrogen (secondary N) is 1. The Kier molecular flexibility index (Phi) is 4.13. The minimum atomic E-state index is 0.477. The molecule has 2 rings (SSSR count). The fourth-order valence-corrected chi connectivity index (χ4v) is 3.24. The van der Waals surface area contributed by atoms with Crippen LogP contribution in [0.4, 0.5) is 0 Å². The van der Waals surface area contributed by atoms with Crippen LogP contribution in [0.5, 0.6) is 5.75 Å². The first-order valence-electron chi connectivity index (χ1n) is 5.86. The lowest BCUT2D eigenvalue weighted by molar-refractivity contribution is 0.336. The summed E-state index contributed by atoms with van der Waals surface area (Å²) in [4.78, 5) is 0. The Morgan fingerprint density at radius 2 is 2.38 bits per heavy atom. The zero-order valence-corrected chi connectivity index (χ0v) is 10.8. The quantitative estimate of drug-likeness (QED) is 0.873. The molecule has 0 spiro atoms. The number of hydrogen-bond donors (Lipinski definition) is 1. The summed E-state index contributed by atoms with van der Waals surface area (Å²) in [6, 6.07) is 6.89. The minimum absolute atomic E-state index is 0.477. The fraction of sp³-hybridized carbons (Fsp3) is 0.538. The molecule has 0 saturated carbocycles. The van der Waals surface area contributed by atoms with E-state index in [0.717, 1.165) is 18.1 Å². The molecule has 1 aromatic rings. The van der Waals surface area contributed by atoms with E-state index >= 15 is 0 Å². The van der Waals surface area contributed by atoms with Gasteiger partial charge in [0.15, 0.2) is 0 Å². The Balaban J connectivity index is 2.38. The molecule has 1 aromatic carbocycles. The predicted octanol–water partition coefficient (Wildman–Crippen LogP) is 2.98. The molecule has 1 aliphatic heterocycles. The van der Waals surface area contributed by atoms with E-state index in [0.29, 0.717) is 6.04 Å². The lowest BCUT2D eigenvalue weighted by Crippen LogP contribution is -2.17. The van der Waals surface area contributed by atoms with Crippen molar-refractivity contribution in [1.82, 2.24) is 5.32 Å². The highest BCUT2D eigenvalue weighted by Crippen LogP contribution is 2.35. The van der Waals surface area contributed by atoms with Crippen LogP contribution in [-0.2, 0) is 5.75 Å². The molecule has 2 nitrogen and oxygen atoms in total. The molecule has 0 bridgehead atoms. The molecule has 3 heteroatoms. The minimum Gasteiger partial charge on any atom is -0.494 e. The van der Waals surface area contributed by atoms with Gasteiger partial charge in [-0.05, 0) is 37.8 Å². The van der Waals surface area contributed by atoms with Gasteiger partial charge < -0.3 is 10.1 Å². The van der Waals surface area contributed by atoms with Gasteiger partial charge in [0, 0.05) is 17.4 Å².